The number of carbonyl (C=O) groups is 1. The molecule has 2 aliphatic rings. The second-order valence-corrected chi connectivity index (χ2v) is 5.56. The Morgan fingerprint density at radius 3 is 2.90 bits per heavy atom. The first-order chi connectivity index (χ1) is 9.75. The van der Waals surface area contributed by atoms with Crippen LogP contribution in [-0.2, 0) is 11.3 Å². The predicted molar refractivity (Wildman–Crippen MR) is 77.8 cm³/mol. The zero-order chi connectivity index (χ0) is 13.9. The number of benzene rings is 1. The van der Waals surface area contributed by atoms with Crippen molar-refractivity contribution in [3.63, 3.8) is 0 Å². The third kappa shape index (κ3) is 2.70. The van der Waals surface area contributed by atoms with Crippen molar-refractivity contribution in [3.05, 3.63) is 35.9 Å². The summed E-state index contributed by atoms with van der Waals surface area (Å²) >= 11 is 0. The summed E-state index contributed by atoms with van der Waals surface area (Å²) in [5, 5.41) is 6.82. The van der Waals surface area contributed by atoms with Gasteiger partial charge in [-0.3, -0.25) is 15.0 Å². The molecule has 3 rings (SSSR count). The van der Waals surface area contributed by atoms with Gasteiger partial charge in [-0.1, -0.05) is 30.3 Å². The first-order valence-corrected chi connectivity index (χ1v) is 7.23. The summed E-state index contributed by atoms with van der Waals surface area (Å²) in [6.07, 6.45) is 0.825. The van der Waals surface area contributed by atoms with Crippen LogP contribution in [-0.4, -0.2) is 54.7 Å². The molecular formula is C15H22N4O. The maximum Gasteiger partial charge on any atom is 0.223 e. The quantitative estimate of drug-likeness (QED) is 0.808. The monoisotopic (exact) mass is 274 g/mol. The smallest absolute Gasteiger partial charge is 0.223 e. The maximum absolute atomic E-state index is 12.1. The Bertz CT molecular complexity index is 464. The Kier molecular flexibility index (Phi) is 4.00. The number of hydrogen-bond donors (Lipinski definition) is 2. The summed E-state index contributed by atoms with van der Waals surface area (Å²) in [5.74, 6) is 0.237. The Hall–Kier alpha value is -1.43. The van der Waals surface area contributed by atoms with E-state index in [1.165, 1.54) is 5.56 Å². The minimum Gasteiger partial charge on any atom is -0.339 e. The molecule has 0 radical (unpaired) electrons. The lowest BCUT2D eigenvalue weighted by molar-refractivity contribution is -0.131. The molecule has 0 aliphatic carbocycles. The van der Waals surface area contributed by atoms with Gasteiger partial charge >= 0.3 is 0 Å². The van der Waals surface area contributed by atoms with Crippen LogP contribution in [0.25, 0.3) is 0 Å². The highest BCUT2D eigenvalue weighted by Gasteiger charge is 2.37. The molecular weight excluding hydrogens is 252 g/mol. The lowest BCUT2D eigenvalue weighted by Gasteiger charge is -2.41. The number of amides is 1. The topological polar surface area (TPSA) is 47.6 Å². The highest BCUT2D eigenvalue weighted by Crippen LogP contribution is 2.19. The van der Waals surface area contributed by atoms with E-state index < -0.39 is 0 Å². The molecule has 2 aliphatic heterocycles. The van der Waals surface area contributed by atoms with E-state index in [-0.39, 0.29) is 18.1 Å². The fourth-order valence-corrected chi connectivity index (χ4v) is 3.10. The molecule has 5 nitrogen and oxygen atoms in total. The van der Waals surface area contributed by atoms with E-state index in [2.05, 4.69) is 39.8 Å². The average molecular weight is 274 g/mol. The molecule has 2 N–H and O–H groups in total. The zero-order valence-electron chi connectivity index (χ0n) is 11.9. The standard InChI is InChI=1S/C15H22N4O/c1-18-13-9-16-11-17-15(13)19(8-7-14(18)20)10-12-5-3-2-4-6-12/h2-6,13,15-17H,7-11H2,1H3. The van der Waals surface area contributed by atoms with Crippen LogP contribution in [0.1, 0.15) is 12.0 Å². The maximum atomic E-state index is 12.1. The van der Waals surface area contributed by atoms with Crippen LogP contribution in [0.4, 0.5) is 0 Å². The van der Waals surface area contributed by atoms with Crippen molar-refractivity contribution in [1.29, 1.82) is 0 Å². The van der Waals surface area contributed by atoms with E-state index in [9.17, 15) is 4.79 Å². The fourth-order valence-electron chi connectivity index (χ4n) is 3.10. The lowest BCUT2D eigenvalue weighted by Crippen LogP contribution is -2.65. The number of nitrogens with zero attached hydrogens (tertiary/aromatic N) is 2. The highest BCUT2D eigenvalue weighted by molar-refractivity contribution is 5.76. The number of rotatable bonds is 2. The van der Waals surface area contributed by atoms with E-state index in [1.807, 2.05) is 18.0 Å². The molecule has 108 valence electrons. The van der Waals surface area contributed by atoms with Crippen LogP contribution < -0.4 is 10.6 Å². The van der Waals surface area contributed by atoms with Crippen LogP contribution in [0.2, 0.25) is 0 Å². The molecule has 1 aromatic rings. The van der Waals surface area contributed by atoms with Gasteiger partial charge in [0.1, 0.15) is 0 Å². The summed E-state index contributed by atoms with van der Waals surface area (Å²) < 4.78 is 0. The van der Waals surface area contributed by atoms with Crippen molar-refractivity contribution >= 4 is 5.91 Å². The van der Waals surface area contributed by atoms with Gasteiger partial charge in [0.25, 0.3) is 0 Å². The van der Waals surface area contributed by atoms with Crippen LogP contribution in [0.15, 0.2) is 30.3 Å². The van der Waals surface area contributed by atoms with Crippen LogP contribution in [0.3, 0.4) is 0 Å². The molecule has 2 unspecified atom stereocenters. The number of fused-ring (bicyclic) bond motifs is 1. The normalized spacial score (nSPS) is 28.1. The molecule has 1 aromatic carbocycles. The molecule has 0 bridgehead atoms. The Labute approximate surface area is 119 Å². The zero-order valence-corrected chi connectivity index (χ0v) is 11.9. The van der Waals surface area contributed by atoms with Crippen molar-refractivity contribution < 1.29 is 4.79 Å². The van der Waals surface area contributed by atoms with Gasteiger partial charge in [0.15, 0.2) is 0 Å². The van der Waals surface area contributed by atoms with E-state index >= 15 is 0 Å². The molecule has 1 amide bonds. The number of likely N-dealkylation sites (N-methyl/N-ethyl adjacent to an activating group) is 1. The van der Waals surface area contributed by atoms with Crippen LogP contribution >= 0.6 is 0 Å². The first kappa shape index (κ1) is 13.5. The molecule has 0 aromatic heterocycles. The van der Waals surface area contributed by atoms with Gasteiger partial charge in [0.05, 0.1) is 12.2 Å². The Morgan fingerprint density at radius 2 is 2.10 bits per heavy atom. The molecule has 0 saturated carbocycles. The van der Waals surface area contributed by atoms with E-state index in [1.54, 1.807) is 0 Å². The summed E-state index contributed by atoms with van der Waals surface area (Å²) in [4.78, 5) is 16.4. The average Bonchev–Trinajstić information content (AvgIpc) is 2.61. The van der Waals surface area contributed by atoms with Crippen molar-refractivity contribution in [1.82, 2.24) is 20.4 Å². The highest BCUT2D eigenvalue weighted by atomic mass is 16.2. The van der Waals surface area contributed by atoms with E-state index in [0.717, 1.165) is 26.3 Å². The van der Waals surface area contributed by atoms with Gasteiger partial charge in [0.2, 0.25) is 5.91 Å². The third-order valence-electron chi connectivity index (χ3n) is 4.28. The molecule has 0 spiro atoms. The molecule has 2 saturated heterocycles. The van der Waals surface area contributed by atoms with Gasteiger partial charge in [-0.15, -0.1) is 0 Å². The lowest BCUT2D eigenvalue weighted by atomic mass is 10.1. The first-order valence-electron chi connectivity index (χ1n) is 7.23. The Balaban J connectivity index is 1.80. The van der Waals surface area contributed by atoms with Crippen molar-refractivity contribution in [3.8, 4) is 0 Å². The second-order valence-electron chi connectivity index (χ2n) is 5.56. The minimum atomic E-state index is 0.197. The SMILES string of the molecule is CN1C(=O)CCN(Cc2ccccc2)C2NCNCC21. The van der Waals surface area contributed by atoms with Crippen molar-refractivity contribution in [2.24, 2.45) is 0 Å². The number of nitrogens with one attached hydrogen (secondary N) is 2. The number of carbonyl (C=O) groups excluding carboxylic acids is 1. The molecule has 2 heterocycles. The number of hydrogen-bond acceptors (Lipinski definition) is 4. The van der Waals surface area contributed by atoms with Gasteiger partial charge in [-0.25, -0.2) is 0 Å². The third-order valence-corrected chi connectivity index (χ3v) is 4.28. The predicted octanol–water partition coefficient (Wildman–Crippen LogP) is 0.196. The van der Waals surface area contributed by atoms with Gasteiger partial charge in [-0.2, -0.15) is 0 Å². The van der Waals surface area contributed by atoms with E-state index in [0.29, 0.717) is 6.42 Å². The summed E-state index contributed by atoms with van der Waals surface area (Å²) in [6, 6.07) is 10.7. The largest absolute Gasteiger partial charge is 0.339 e. The van der Waals surface area contributed by atoms with Gasteiger partial charge in [0, 0.05) is 39.8 Å². The van der Waals surface area contributed by atoms with Crippen molar-refractivity contribution in [2.75, 3.05) is 26.8 Å². The summed E-state index contributed by atoms with van der Waals surface area (Å²) in [6.45, 7) is 3.35. The minimum absolute atomic E-state index is 0.197. The summed E-state index contributed by atoms with van der Waals surface area (Å²) in [5.41, 5.74) is 1.29. The van der Waals surface area contributed by atoms with Gasteiger partial charge in [-0.05, 0) is 5.56 Å². The molecule has 5 heteroatoms. The summed E-state index contributed by atoms with van der Waals surface area (Å²) in [7, 11) is 1.92. The Morgan fingerprint density at radius 1 is 1.30 bits per heavy atom. The van der Waals surface area contributed by atoms with Crippen LogP contribution in [0.5, 0.6) is 0 Å². The molecule has 2 fully saturated rings. The van der Waals surface area contributed by atoms with E-state index in [4.69, 9.17) is 0 Å². The fraction of sp³-hybridized carbons (Fsp3) is 0.533. The molecule has 20 heavy (non-hydrogen) atoms. The van der Waals surface area contributed by atoms with Gasteiger partial charge < -0.3 is 10.2 Å². The van der Waals surface area contributed by atoms with Crippen molar-refractivity contribution in [2.45, 2.75) is 25.2 Å². The van der Waals surface area contributed by atoms with Crippen LogP contribution in [0, 0.1) is 0 Å². The second kappa shape index (κ2) is 5.91. The molecule has 2 atom stereocenters.